The van der Waals surface area contributed by atoms with Gasteiger partial charge in [-0.1, -0.05) is 12.8 Å². The predicted octanol–water partition coefficient (Wildman–Crippen LogP) is 1.59. The highest BCUT2D eigenvalue weighted by Crippen LogP contribution is 2.17. The number of hydrogen-bond acceptors (Lipinski definition) is 4. The highest BCUT2D eigenvalue weighted by Gasteiger charge is 2.18. The van der Waals surface area contributed by atoms with E-state index in [9.17, 15) is 4.79 Å². The molecule has 0 unspecified atom stereocenters. The zero-order chi connectivity index (χ0) is 16.7. The number of hydrogen-bond donors (Lipinski definition) is 1. The summed E-state index contributed by atoms with van der Waals surface area (Å²) in [7, 11) is 5.54. The molecule has 0 atom stereocenters. The van der Waals surface area contributed by atoms with Crippen LogP contribution < -0.4 is 5.32 Å². The maximum Gasteiger partial charge on any atom is 0.243 e. The van der Waals surface area contributed by atoms with Crippen LogP contribution in [0.1, 0.15) is 30.7 Å². The number of aliphatic imine (C=N–C) groups is 1. The van der Waals surface area contributed by atoms with Gasteiger partial charge in [0.15, 0.2) is 5.96 Å². The Hall–Kier alpha value is -1.63. The summed E-state index contributed by atoms with van der Waals surface area (Å²) in [5.41, 5.74) is 0. The van der Waals surface area contributed by atoms with Gasteiger partial charge in [-0.15, -0.1) is 11.3 Å². The van der Waals surface area contributed by atoms with Crippen LogP contribution in [0.3, 0.4) is 0 Å². The van der Waals surface area contributed by atoms with E-state index in [1.54, 1.807) is 30.3 Å². The Balaban J connectivity index is 1.95. The molecule has 0 bridgehead atoms. The summed E-state index contributed by atoms with van der Waals surface area (Å²) < 4.78 is 0. The van der Waals surface area contributed by atoms with Crippen molar-refractivity contribution in [2.75, 3.05) is 34.2 Å². The molecule has 2 rings (SSSR count). The van der Waals surface area contributed by atoms with Gasteiger partial charge >= 0.3 is 0 Å². The molecule has 1 aliphatic carbocycles. The predicted molar refractivity (Wildman–Crippen MR) is 94.8 cm³/mol. The van der Waals surface area contributed by atoms with Gasteiger partial charge < -0.3 is 15.1 Å². The number of carbonyl (C=O) groups excluding carboxylic acids is 1. The molecule has 23 heavy (non-hydrogen) atoms. The largest absolute Gasteiger partial charge is 0.354 e. The first-order valence-corrected chi connectivity index (χ1v) is 9.05. The standard InChI is InChI=1S/C16H27N5OS/c1-20(2)15(22)12-18-16(19-13-6-4-5-7-13)21(3)10-8-14-17-9-11-23-14/h9,11,13H,4-8,10,12H2,1-3H3,(H,18,19). The molecule has 0 spiro atoms. The van der Waals surface area contributed by atoms with Crippen LogP contribution in [0, 0.1) is 0 Å². The van der Waals surface area contributed by atoms with E-state index in [-0.39, 0.29) is 12.5 Å². The van der Waals surface area contributed by atoms with E-state index in [4.69, 9.17) is 0 Å². The third kappa shape index (κ3) is 5.82. The van der Waals surface area contributed by atoms with Crippen LogP contribution in [0.2, 0.25) is 0 Å². The van der Waals surface area contributed by atoms with Gasteiger partial charge in [-0.05, 0) is 12.8 Å². The van der Waals surface area contributed by atoms with Crippen molar-refractivity contribution < 1.29 is 4.79 Å². The fraction of sp³-hybridized carbons (Fsp3) is 0.688. The molecular weight excluding hydrogens is 310 g/mol. The molecule has 1 amide bonds. The molecular formula is C16H27N5OS. The Kier molecular flexibility index (Phi) is 6.83. The van der Waals surface area contributed by atoms with Crippen molar-refractivity contribution in [1.82, 2.24) is 20.1 Å². The summed E-state index contributed by atoms with van der Waals surface area (Å²) in [6.45, 7) is 1.02. The second-order valence-electron chi connectivity index (χ2n) is 6.15. The molecule has 1 aromatic heterocycles. The zero-order valence-corrected chi connectivity index (χ0v) is 15.1. The van der Waals surface area contributed by atoms with Crippen molar-refractivity contribution in [1.29, 1.82) is 0 Å². The number of nitrogens with one attached hydrogen (secondary N) is 1. The number of nitrogens with zero attached hydrogens (tertiary/aromatic N) is 4. The molecule has 7 heteroatoms. The van der Waals surface area contributed by atoms with Gasteiger partial charge in [0.1, 0.15) is 6.54 Å². The van der Waals surface area contributed by atoms with E-state index in [0.717, 1.165) is 23.9 Å². The lowest BCUT2D eigenvalue weighted by Gasteiger charge is -2.25. The van der Waals surface area contributed by atoms with E-state index in [1.807, 2.05) is 18.6 Å². The molecule has 1 saturated carbocycles. The average molecular weight is 337 g/mol. The number of guanidine groups is 1. The minimum Gasteiger partial charge on any atom is -0.354 e. The third-order valence-electron chi connectivity index (χ3n) is 4.06. The van der Waals surface area contributed by atoms with Gasteiger partial charge in [0.2, 0.25) is 5.91 Å². The van der Waals surface area contributed by atoms with Crippen molar-refractivity contribution in [2.45, 2.75) is 38.1 Å². The quantitative estimate of drug-likeness (QED) is 0.633. The van der Waals surface area contributed by atoms with Gasteiger partial charge in [0.25, 0.3) is 0 Å². The molecule has 1 heterocycles. The lowest BCUT2D eigenvalue weighted by atomic mass is 10.2. The van der Waals surface area contributed by atoms with Crippen molar-refractivity contribution in [3.63, 3.8) is 0 Å². The number of rotatable bonds is 6. The molecule has 0 aliphatic heterocycles. The summed E-state index contributed by atoms with van der Waals surface area (Å²) in [6.07, 6.45) is 7.62. The van der Waals surface area contributed by atoms with E-state index in [0.29, 0.717) is 6.04 Å². The summed E-state index contributed by atoms with van der Waals surface area (Å²) in [6, 6.07) is 0.477. The number of carbonyl (C=O) groups is 1. The van der Waals surface area contributed by atoms with E-state index < -0.39 is 0 Å². The molecule has 6 nitrogen and oxygen atoms in total. The Morgan fingerprint density at radius 3 is 2.74 bits per heavy atom. The number of amides is 1. The first-order valence-electron chi connectivity index (χ1n) is 8.17. The fourth-order valence-electron chi connectivity index (χ4n) is 2.56. The molecule has 128 valence electrons. The topological polar surface area (TPSA) is 60.8 Å². The summed E-state index contributed by atoms with van der Waals surface area (Å²) >= 11 is 1.67. The van der Waals surface area contributed by atoms with Crippen LogP contribution in [-0.4, -0.2) is 66.9 Å². The van der Waals surface area contributed by atoms with Crippen molar-refractivity contribution in [3.05, 3.63) is 16.6 Å². The minimum atomic E-state index is 0.0176. The minimum absolute atomic E-state index is 0.0176. The molecule has 1 N–H and O–H groups in total. The first kappa shape index (κ1) is 17.7. The van der Waals surface area contributed by atoms with Crippen LogP contribution in [0.5, 0.6) is 0 Å². The Labute approximate surface area is 142 Å². The highest BCUT2D eigenvalue weighted by atomic mass is 32.1. The Bertz CT molecular complexity index is 509. The van der Waals surface area contributed by atoms with Crippen LogP contribution in [0.15, 0.2) is 16.6 Å². The lowest BCUT2D eigenvalue weighted by molar-refractivity contribution is -0.127. The Morgan fingerprint density at radius 2 is 2.13 bits per heavy atom. The van der Waals surface area contributed by atoms with Gasteiger partial charge in [0, 0.05) is 51.7 Å². The van der Waals surface area contributed by atoms with Gasteiger partial charge in [-0.2, -0.15) is 0 Å². The third-order valence-corrected chi connectivity index (χ3v) is 4.90. The number of aromatic nitrogens is 1. The second-order valence-corrected chi connectivity index (χ2v) is 7.13. The molecule has 1 aromatic rings. The van der Waals surface area contributed by atoms with Gasteiger partial charge in [0.05, 0.1) is 5.01 Å². The van der Waals surface area contributed by atoms with Gasteiger partial charge in [-0.3, -0.25) is 4.79 Å². The van der Waals surface area contributed by atoms with Crippen LogP contribution in [0.4, 0.5) is 0 Å². The van der Waals surface area contributed by atoms with Crippen molar-refractivity contribution >= 4 is 23.2 Å². The lowest BCUT2D eigenvalue weighted by Crippen LogP contribution is -2.44. The van der Waals surface area contributed by atoms with E-state index in [1.165, 1.54) is 25.7 Å². The molecule has 0 aromatic carbocycles. The zero-order valence-electron chi connectivity index (χ0n) is 14.3. The van der Waals surface area contributed by atoms with E-state index >= 15 is 0 Å². The monoisotopic (exact) mass is 337 g/mol. The normalized spacial score (nSPS) is 15.7. The number of thiazole rings is 1. The Morgan fingerprint density at radius 1 is 1.39 bits per heavy atom. The molecule has 1 aliphatic rings. The smallest absolute Gasteiger partial charge is 0.243 e. The summed E-state index contributed by atoms with van der Waals surface area (Å²) in [5.74, 6) is 0.840. The SMILES string of the molecule is CN(C)C(=O)CN=C(NC1CCCC1)N(C)CCc1nccs1. The maximum atomic E-state index is 11.8. The fourth-order valence-corrected chi connectivity index (χ4v) is 3.17. The van der Waals surface area contributed by atoms with E-state index in [2.05, 4.69) is 20.2 Å². The second kappa shape index (κ2) is 8.86. The van der Waals surface area contributed by atoms with Crippen molar-refractivity contribution in [2.24, 2.45) is 4.99 Å². The van der Waals surface area contributed by atoms with Crippen LogP contribution in [-0.2, 0) is 11.2 Å². The molecule has 0 radical (unpaired) electrons. The molecule has 1 fully saturated rings. The van der Waals surface area contributed by atoms with Gasteiger partial charge in [-0.25, -0.2) is 9.98 Å². The first-order chi connectivity index (χ1) is 11.1. The average Bonchev–Trinajstić information content (AvgIpc) is 3.21. The summed E-state index contributed by atoms with van der Waals surface area (Å²) in [5, 5.41) is 6.65. The van der Waals surface area contributed by atoms with Crippen LogP contribution in [0.25, 0.3) is 0 Å². The maximum absolute atomic E-state index is 11.8. The highest BCUT2D eigenvalue weighted by molar-refractivity contribution is 7.09. The summed E-state index contributed by atoms with van der Waals surface area (Å²) in [4.78, 5) is 24.3. The molecule has 0 saturated heterocycles. The van der Waals surface area contributed by atoms with Crippen molar-refractivity contribution in [3.8, 4) is 0 Å². The van der Waals surface area contributed by atoms with Crippen LogP contribution >= 0.6 is 11.3 Å². The number of likely N-dealkylation sites (N-methyl/N-ethyl adjacent to an activating group) is 2.